The van der Waals surface area contributed by atoms with Gasteiger partial charge in [-0.05, 0) is 43.2 Å². The van der Waals surface area contributed by atoms with Crippen LogP contribution < -0.4 is 0 Å². The van der Waals surface area contributed by atoms with Gasteiger partial charge in [0, 0.05) is 29.0 Å². The second-order valence-electron chi connectivity index (χ2n) is 7.20. The Morgan fingerprint density at radius 2 is 1.87 bits per heavy atom. The molecule has 0 aliphatic heterocycles. The third kappa shape index (κ3) is 2.37. The molecule has 0 N–H and O–H groups in total. The molecule has 4 rings (SSSR count). The Hall–Kier alpha value is -2.09. The molecule has 23 heavy (non-hydrogen) atoms. The van der Waals surface area contributed by atoms with Crippen molar-refractivity contribution in [3.05, 3.63) is 54.4 Å². The first-order valence-corrected chi connectivity index (χ1v) is 8.64. The number of para-hydroxylation sites is 1. The van der Waals surface area contributed by atoms with Crippen LogP contribution >= 0.6 is 0 Å². The topological polar surface area (TPSA) is 17.8 Å². The normalized spacial score (nSPS) is 25.0. The zero-order chi connectivity index (χ0) is 16.0. The number of allylic oxidation sites excluding steroid dienone is 2. The summed E-state index contributed by atoms with van der Waals surface area (Å²) in [6.45, 7) is 8.08. The molecule has 0 amide bonds. The average molecular weight is 304 g/mol. The lowest BCUT2D eigenvalue weighted by Crippen LogP contribution is -2.23. The third-order valence-corrected chi connectivity index (χ3v) is 5.70. The molecular weight excluding hydrogens is 280 g/mol. The van der Waals surface area contributed by atoms with Crippen molar-refractivity contribution in [3.8, 4) is 0 Å². The van der Waals surface area contributed by atoms with Crippen molar-refractivity contribution in [3.63, 3.8) is 0 Å². The molecule has 118 valence electrons. The molecule has 3 atom stereocenters. The maximum Gasteiger partial charge on any atom is 0.0678 e. The van der Waals surface area contributed by atoms with Crippen molar-refractivity contribution in [2.75, 3.05) is 0 Å². The fourth-order valence-corrected chi connectivity index (χ4v) is 4.10. The van der Waals surface area contributed by atoms with Gasteiger partial charge in [0.2, 0.25) is 0 Å². The second kappa shape index (κ2) is 5.52. The monoisotopic (exact) mass is 304 g/mol. The predicted octanol–water partition coefficient (Wildman–Crippen LogP) is 5.43. The van der Waals surface area contributed by atoms with E-state index in [4.69, 9.17) is 0 Å². The third-order valence-electron chi connectivity index (χ3n) is 5.70. The highest BCUT2D eigenvalue weighted by molar-refractivity contribution is 6.07. The summed E-state index contributed by atoms with van der Waals surface area (Å²) in [4.78, 5) is 4.37. The number of nitrogens with zero attached hydrogens (tertiary/aromatic N) is 2. The van der Waals surface area contributed by atoms with Crippen molar-refractivity contribution in [1.82, 2.24) is 9.55 Å². The number of hydrogen-bond donors (Lipinski definition) is 0. The zero-order valence-electron chi connectivity index (χ0n) is 14.2. The van der Waals surface area contributed by atoms with Gasteiger partial charge >= 0.3 is 0 Å². The average Bonchev–Trinajstić information content (AvgIpc) is 2.87. The molecule has 2 aromatic heterocycles. The Morgan fingerprint density at radius 1 is 1.09 bits per heavy atom. The van der Waals surface area contributed by atoms with Crippen molar-refractivity contribution in [1.29, 1.82) is 0 Å². The second-order valence-corrected chi connectivity index (χ2v) is 7.20. The maximum absolute atomic E-state index is 4.37. The van der Waals surface area contributed by atoms with E-state index in [9.17, 15) is 0 Å². The van der Waals surface area contributed by atoms with Crippen LogP contribution in [0.2, 0.25) is 0 Å². The number of aromatic nitrogens is 2. The van der Waals surface area contributed by atoms with E-state index in [0.29, 0.717) is 11.8 Å². The molecule has 1 aliphatic carbocycles. The Labute approximate surface area is 137 Å². The first-order valence-electron chi connectivity index (χ1n) is 8.64. The molecule has 0 spiro atoms. The van der Waals surface area contributed by atoms with Crippen LogP contribution in [0.4, 0.5) is 0 Å². The lowest BCUT2D eigenvalue weighted by atomic mass is 9.77. The Kier molecular flexibility index (Phi) is 3.48. The molecule has 1 aromatic carbocycles. The van der Waals surface area contributed by atoms with E-state index in [2.05, 4.69) is 66.7 Å². The number of rotatable bonds is 2. The van der Waals surface area contributed by atoms with E-state index in [1.807, 2.05) is 12.4 Å². The van der Waals surface area contributed by atoms with E-state index in [-0.39, 0.29) is 0 Å². The summed E-state index contributed by atoms with van der Waals surface area (Å²) >= 11 is 0. The highest BCUT2D eigenvalue weighted by Crippen LogP contribution is 2.36. The highest BCUT2D eigenvalue weighted by atomic mass is 15.0. The van der Waals surface area contributed by atoms with Crippen LogP contribution in [-0.2, 0) is 6.54 Å². The molecule has 2 nitrogen and oxygen atoms in total. The molecule has 0 saturated heterocycles. The van der Waals surface area contributed by atoms with Crippen LogP contribution in [0, 0.1) is 17.8 Å². The molecule has 3 aromatic rings. The highest BCUT2D eigenvalue weighted by Gasteiger charge is 2.25. The summed E-state index contributed by atoms with van der Waals surface area (Å²) in [6, 6.07) is 10.9. The molecule has 2 heterocycles. The van der Waals surface area contributed by atoms with Gasteiger partial charge in [-0.2, -0.15) is 0 Å². The van der Waals surface area contributed by atoms with Crippen molar-refractivity contribution in [2.24, 2.45) is 17.8 Å². The van der Waals surface area contributed by atoms with Crippen LogP contribution in [0.3, 0.4) is 0 Å². The smallest absolute Gasteiger partial charge is 0.0678 e. The summed E-state index contributed by atoms with van der Waals surface area (Å²) in [5, 5.41) is 2.65. The molecule has 0 saturated carbocycles. The minimum atomic E-state index is 0.625. The summed E-state index contributed by atoms with van der Waals surface area (Å²) in [7, 11) is 0. The molecule has 0 bridgehead atoms. The maximum atomic E-state index is 4.37. The van der Waals surface area contributed by atoms with Crippen LogP contribution in [0.15, 0.2) is 54.4 Å². The number of pyridine rings is 1. The Balaban J connectivity index is 1.84. The van der Waals surface area contributed by atoms with Crippen LogP contribution in [-0.4, -0.2) is 9.55 Å². The van der Waals surface area contributed by atoms with Crippen LogP contribution in [0.1, 0.15) is 27.2 Å². The summed E-state index contributed by atoms with van der Waals surface area (Å²) in [5.41, 5.74) is 4.13. The van der Waals surface area contributed by atoms with Gasteiger partial charge in [0.1, 0.15) is 0 Å². The van der Waals surface area contributed by atoms with Gasteiger partial charge in [0.15, 0.2) is 0 Å². The van der Waals surface area contributed by atoms with Gasteiger partial charge in [0.05, 0.1) is 11.7 Å². The molecule has 2 unspecified atom stereocenters. The molecular formula is C21H24N2. The lowest BCUT2D eigenvalue weighted by molar-refractivity contribution is 0.317. The molecule has 0 fully saturated rings. The van der Waals surface area contributed by atoms with E-state index >= 15 is 0 Å². The summed E-state index contributed by atoms with van der Waals surface area (Å²) in [6.07, 6.45) is 7.67. The number of fused-ring (bicyclic) bond motifs is 3. The van der Waals surface area contributed by atoms with Gasteiger partial charge in [-0.3, -0.25) is 4.98 Å². The number of hydrogen-bond acceptors (Lipinski definition) is 1. The van der Waals surface area contributed by atoms with Gasteiger partial charge in [-0.1, -0.05) is 43.7 Å². The molecule has 1 aliphatic rings. The van der Waals surface area contributed by atoms with E-state index in [0.717, 1.165) is 12.5 Å². The minimum absolute atomic E-state index is 0.625. The molecule has 0 radical (unpaired) electrons. The fraction of sp³-hybridized carbons (Fsp3) is 0.381. The van der Waals surface area contributed by atoms with Gasteiger partial charge in [0.25, 0.3) is 0 Å². The Bertz CT molecular complexity index is 834. The SMILES string of the molecule is CC1=CC(C)C(C)C[C@@H]1Cn1c2ccccc2c2ccncc21. The molecule has 2 heteroatoms. The minimum Gasteiger partial charge on any atom is -0.339 e. The predicted molar refractivity (Wildman–Crippen MR) is 97.4 cm³/mol. The Morgan fingerprint density at radius 3 is 2.74 bits per heavy atom. The standard InChI is InChI=1S/C21H24N2/c1-14-10-16(3)17(11-15(14)2)13-23-20-7-5-4-6-18(20)19-8-9-22-12-21(19)23/h4-10,12,14-15,17H,11,13H2,1-3H3/t14?,15?,17-/m1/s1. The first kappa shape index (κ1) is 14.5. The van der Waals surface area contributed by atoms with Crippen LogP contribution in [0.5, 0.6) is 0 Å². The lowest BCUT2D eigenvalue weighted by Gasteiger charge is -2.31. The quantitative estimate of drug-likeness (QED) is 0.577. The van der Waals surface area contributed by atoms with E-state index in [1.165, 1.54) is 28.2 Å². The van der Waals surface area contributed by atoms with Crippen LogP contribution in [0.25, 0.3) is 21.8 Å². The number of benzene rings is 1. The van der Waals surface area contributed by atoms with Gasteiger partial charge < -0.3 is 4.57 Å². The van der Waals surface area contributed by atoms with Crippen molar-refractivity contribution >= 4 is 21.8 Å². The van der Waals surface area contributed by atoms with Gasteiger partial charge in [-0.25, -0.2) is 0 Å². The van der Waals surface area contributed by atoms with E-state index in [1.54, 1.807) is 5.57 Å². The zero-order valence-corrected chi connectivity index (χ0v) is 14.2. The fourth-order valence-electron chi connectivity index (χ4n) is 4.10. The first-order chi connectivity index (χ1) is 11.1. The largest absolute Gasteiger partial charge is 0.339 e. The summed E-state index contributed by atoms with van der Waals surface area (Å²) < 4.78 is 2.47. The summed E-state index contributed by atoms with van der Waals surface area (Å²) in [5.74, 6) is 2.08. The van der Waals surface area contributed by atoms with E-state index < -0.39 is 0 Å². The van der Waals surface area contributed by atoms with Gasteiger partial charge in [-0.15, -0.1) is 0 Å². The van der Waals surface area contributed by atoms with Crippen molar-refractivity contribution in [2.45, 2.75) is 33.7 Å². The van der Waals surface area contributed by atoms with Crippen molar-refractivity contribution < 1.29 is 0 Å².